The Kier molecular flexibility index (Phi) is 3.89. The van der Waals surface area contributed by atoms with E-state index in [2.05, 4.69) is 29.7 Å². The second-order valence-electron chi connectivity index (χ2n) is 6.44. The molecule has 2 aliphatic heterocycles. The fraction of sp³-hybridized carbons (Fsp3) is 0.588. The van der Waals surface area contributed by atoms with Crippen molar-refractivity contribution in [3.05, 3.63) is 29.3 Å². The number of fused-ring (bicyclic) bond motifs is 1. The molecule has 2 heterocycles. The number of benzene rings is 1. The molecule has 1 N–H and O–H groups in total. The number of aromatic carboxylic acids is 1. The largest absolute Gasteiger partial charge is 0.478 e. The van der Waals surface area contributed by atoms with E-state index in [4.69, 9.17) is 0 Å². The molecule has 0 bridgehead atoms. The molecule has 0 aliphatic carbocycles. The monoisotopic (exact) mass is 288 g/mol. The van der Waals surface area contributed by atoms with Gasteiger partial charge in [-0.25, -0.2) is 4.79 Å². The number of rotatable bonds is 3. The lowest BCUT2D eigenvalue weighted by atomic mass is 9.95. The smallest absolute Gasteiger partial charge is 0.336 e. The highest BCUT2D eigenvalue weighted by molar-refractivity contribution is 5.91. The molecule has 21 heavy (non-hydrogen) atoms. The number of carbonyl (C=O) groups is 1. The molecule has 3 rings (SSSR count). The van der Waals surface area contributed by atoms with E-state index in [1.807, 2.05) is 6.07 Å². The molecule has 0 radical (unpaired) electrons. The van der Waals surface area contributed by atoms with E-state index in [-0.39, 0.29) is 0 Å². The number of nitrogens with zero attached hydrogens (tertiary/aromatic N) is 2. The van der Waals surface area contributed by atoms with Crippen LogP contribution in [0.25, 0.3) is 0 Å². The molecular formula is C17H24N2O2. The molecule has 1 unspecified atom stereocenters. The van der Waals surface area contributed by atoms with Crippen LogP contribution in [0.5, 0.6) is 0 Å². The van der Waals surface area contributed by atoms with Crippen molar-refractivity contribution in [2.75, 3.05) is 24.5 Å². The topological polar surface area (TPSA) is 43.8 Å². The summed E-state index contributed by atoms with van der Waals surface area (Å²) in [5, 5.41) is 9.38. The quantitative estimate of drug-likeness (QED) is 0.928. The minimum Gasteiger partial charge on any atom is -0.478 e. The Balaban J connectivity index is 1.88. The fourth-order valence-corrected chi connectivity index (χ4v) is 3.72. The van der Waals surface area contributed by atoms with Crippen LogP contribution in [0.2, 0.25) is 0 Å². The zero-order valence-electron chi connectivity index (χ0n) is 12.9. The molecular weight excluding hydrogens is 264 g/mol. The molecule has 0 saturated carbocycles. The van der Waals surface area contributed by atoms with Crippen LogP contribution < -0.4 is 4.90 Å². The van der Waals surface area contributed by atoms with Crippen molar-refractivity contribution in [2.24, 2.45) is 0 Å². The van der Waals surface area contributed by atoms with E-state index in [9.17, 15) is 9.90 Å². The Morgan fingerprint density at radius 1 is 1.33 bits per heavy atom. The predicted molar refractivity (Wildman–Crippen MR) is 84.2 cm³/mol. The van der Waals surface area contributed by atoms with Gasteiger partial charge in [-0.2, -0.15) is 0 Å². The number of hydrogen-bond donors (Lipinski definition) is 1. The summed E-state index contributed by atoms with van der Waals surface area (Å²) in [4.78, 5) is 16.4. The van der Waals surface area contributed by atoms with Gasteiger partial charge in [0.25, 0.3) is 0 Å². The van der Waals surface area contributed by atoms with Crippen molar-refractivity contribution in [2.45, 2.75) is 45.2 Å². The van der Waals surface area contributed by atoms with Crippen molar-refractivity contribution >= 4 is 11.7 Å². The summed E-state index contributed by atoms with van der Waals surface area (Å²) in [7, 11) is 0. The van der Waals surface area contributed by atoms with Crippen LogP contribution in [0, 0.1) is 0 Å². The average molecular weight is 288 g/mol. The molecule has 4 nitrogen and oxygen atoms in total. The van der Waals surface area contributed by atoms with Gasteiger partial charge in [-0.05, 0) is 50.8 Å². The van der Waals surface area contributed by atoms with E-state index in [1.54, 1.807) is 6.07 Å². The second-order valence-corrected chi connectivity index (χ2v) is 6.44. The van der Waals surface area contributed by atoms with Gasteiger partial charge < -0.3 is 10.0 Å². The zero-order chi connectivity index (χ0) is 15.0. The maximum absolute atomic E-state index is 11.4. The number of anilines is 1. The van der Waals surface area contributed by atoms with Crippen molar-refractivity contribution < 1.29 is 9.90 Å². The Morgan fingerprint density at radius 2 is 2.14 bits per heavy atom. The van der Waals surface area contributed by atoms with E-state index in [0.717, 1.165) is 43.7 Å². The molecule has 0 aromatic heterocycles. The fourth-order valence-electron chi connectivity index (χ4n) is 3.72. The van der Waals surface area contributed by atoms with E-state index in [0.29, 0.717) is 17.6 Å². The lowest BCUT2D eigenvalue weighted by molar-refractivity contribution is 0.0695. The van der Waals surface area contributed by atoms with Crippen molar-refractivity contribution in [3.63, 3.8) is 0 Å². The normalized spacial score (nSPS) is 22.6. The van der Waals surface area contributed by atoms with E-state index >= 15 is 0 Å². The van der Waals surface area contributed by atoms with Crippen LogP contribution in [0.4, 0.5) is 5.69 Å². The lowest BCUT2D eigenvalue weighted by Gasteiger charge is -2.37. The third-order valence-electron chi connectivity index (χ3n) is 4.88. The Hall–Kier alpha value is -1.55. The third-order valence-corrected chi connectivity index (χ3v) is 4.88. The first kappa shape index (κ1) is 14.4. The van der Waals surface area contributed by atoms with Crippen molar-refractivity contribution in [1.82, 2.24) is 4.90 Å². The minimum atomic E-state index is -0.802. The van der Waals surface area contributed by atoms with Crippen LogP contribution in [-0.4, -0.2) is 47.7 Å². The number of likely N-dealkylation sites (tertiary alicyclic amines) is 1. The van der Waals surface area contributed by atoms with Gasteiger partial charge in [0.1, 0.15) is 0 Å². The molecule has 2 aliphatic rings. The molecule has 114 valence electrons. The standard InChI is InChI=1S/C17H24N2O2/c1-12(2)18-10-8-13(11-18)19-9-4-6-14-15(17(20)21)5-3-7-16(14)19/h3,5,7,12-13H,4,6,8-11H2,1-2H3,(H,20,21). The maximum Gasteiger partial charge on any atom is 0.336 e. The first-order valence-electron chi connectivity index (χ1n) is 7.94. The summed E-state index contributed by atoms with van der Waals surface area (Å²) in [5.41, 5.74) is 2.66. The maximum atomic E-state index is 11.4. The molecule has 1 aromatic rings. The van der Waals surface area contributed by atoms with Crippen LogP contribution in [0.15, 0.2) is 18.2 Å². The molecule has 1 atom stereocenters. The first-order valence-corrected chi connectivity index (χ1v) is 7.94. The average Bonchev–Trinajstić information content (AvgIpc) is 2.95. The molecule has 1 saturated heterocycles. The van der Waals surface area contributed by atoms with Gasteiger partial charge in [-0.15, -0.1) is 0 Å². The number of carboxylic acid groups (broad SMARTS) is 1. The summed E-state index contributed by atoms with van der Waals surface area (Å²) >= 11 is 0. The van der Waals surface area contributed by atoms with Gasteiger partial charge >= 0.3 is 5.97 Å². The zero-order valence-corrected chi connectivity index (χ0v) is 12.9. The van der Waals surface area contributed by atoms with Gasteiger partial charge in [0.15, 0.2) is 0 Å². The molecule has 4 heteroatoms. The molecule has 1 aromatic carbocycles. The lowest BCUT2D eigenvalue weighted by Crippen LogP contribution is -2.42. The van der Waals surface area contributed by atoms with Gasteiger partial charge in [0.05, 0.1) is 5.56 Å². The highest BCUT2D eigenvalue weighted by atomic mass is 16.4. The molecule has 0 spiro atoms. The summed E-state index contributed by atoms with van der Waals surface area (Å²) in [6.07, 6.45) is 3.11. The number of carboxylic acids is 1. The highest BCUT2D eigenvalue weighted by Crippen LogP contribution is 2.33. The Morgan fingerprint density at radius 3 is 2.81 bits per heavy atom. The SMILES string of the molecule is CC(C)N1CCC(N2CCCc3c(C(=O)O)cccc32)C1. The minimum absolute atomic E-state index is 0.482. The summed E-state index contributed by atoms with van der Waals surface area (Å²) in [5.74, 6) is -0.802. The molecule has 1 fully saturated rings. The van der Waals surface area contributed by atoms with Gasteiger partial charge in [-0.1, -0.05) is 6.07 Å². The van der Waals surface area contributed by atoms with Crippen LogP contribution >= 0.6 is 0 Å². The highest BCUT2D eigenvalue weighted by Gasteiger charge is 2.32. The van der Waals surface area contributed by atoms with Gasteiger partial charge in [0, 0.05) is 37.4 Å². The van der Waals surface area contributed by atoms with E-state index < -0.39 is 5.97 Å². The summed E-state index contributed by atoms with van der Waals surface area (Å²) < 4.78 is 0. The van der Waals surface area contributed by atoms with Crippen molar-refractivity contribution in [1.29, 1.82) is 0 Å². The first-order chi connectivity index (χ1) is 10.1. The van der Waals surface area contributed by atoms with Crippen LogP contribution in [0.3, 0.4) is 0 Å². The van der Waals surface area contributed by atoms with Gasteiger partial charge in [0.2, 0.25) is 0 Å². The summed E-state index contributed by atoms with van der Waals surface area (Å²) in [6.45, 7) is 7.78. The van der Waals surface area contributed by atoms with E-state index in [1.165, 1.54) is 6.42 Å². The van der Waals surface area contributed by atoms with Crippen molar-refractivity contribution in [3.8, 4) is 0 Å². The predicted octanol–water partition coefficient (Wildman–Crippen LogP) is 2.62. The Labute approximate surface area is 126 Å². The van der Waals surface area contributed by atoms with Crippen LogP contribution in [0.1, 0.15) is 42.6 Å². The summed E-state index contributed by atoms with van der Waals surface area (Å²) in [6, 6.07) is 6.83. The Bertz CT molecular complexity index is 542. The number of hydrogen-bond acceptors (Lipinski definition) is 3. The van der Waals surface area contributed by atoms with Gasteiger partial charge in [-0.3, -0.25) is 4.90 Å². The third kappa shape index (κ3) is 2.64. The second kappa shape index (κ2) is 5.68. The van der Waals surface area contributed by atoms with Crippen LogP contribution in [-0.2, 0) is 6.42 Å². The molecule has 0 amide bonds.